The highest BCUT2D eigenvalue weighted by Crippen LogP contribution is 2.33. The fourth-order valence-corrected chi connectivity index (χ4v) is 6.00. The van der Waals surface area contributed by atoms with Crippen LogP contribution in [0.5, 0.6) is 0 Å². The van der Waals surface area contributed by atoms with Crippen LogP contribution in [0.2, 0.25) is 0 Å². The standard InChI is InChI=1S/C22H29N3O4S/c1-16-21(17(2)29-23-16)22(26)24-12-14-25(15-13-24)30(27,28)20-10-8-19(9-11-20)18-6-4-3-5-7-18/h8-11,18H,3-7,12-15H2,1-2H3. The van der Waals surface area contributed by atoms with E-state index in [0.717, 1.165) is 0 Å². The van der Waals surface area contributed by atoms with Crippen molar-refractivity contribution in [1.82, 2.24) is 14.4 Å². The van der Waals surface area contributed by atoms with Crippen LogP contribution in [-0.2, 0) is 10.0 Å². The Balaban J connectivity index is 1.41. The summed E-state index contributed by atoms with van der Waals surface area (Å²) in [6.45, 7) is 4.71. The molecule has 0 atom stereocenters. The van der Waals surface area contributed by atoms with Crippen LogP contribution in [0.1, 0.15) is 65.4 Å². The van der Waals surface area contributed by atoms with Gasteiger partial charge in [0.05, 0.1) is 10.6 Å². The van der Waals surface area contributed by atoms with E-state index in [-0.39, 0.29) is 19.0 Å². The Morgan fingerprint density at radius 3 is 2.20 bits per heavy atom. The second-order valence-electron chi connectivity index (χ2n) is 8.30. The second kappa shape index (κ2) is 8.51. The highest BCUT2D eigenvalue weighted by atomic mass is 32.2. The molecular formula is C22H29N3O4S. The van der Waals surface area contributed by atoms with E-state index in [4.69, 9.17) is 4.52 Å². The Hall–Kier alpha value is -2.19. The average Bonchev–Trinajstić information content (AvgIpc) is 3.12. The Bertz CT molecular complexity index is 980. The molecule has 1 saturated carbocycles. The third kappa shape index (κ3) is 4.03. The fraction of sp³-hybridized carbons (Fsp3) is 0.545. The molecule has 2 aliphatic rings. The number of hydrogen-bond acceptors (Lipinski definition) is 5. The first-order chi connectivity index (χ1) is 14.4. The lowest BCUT2D eigenvalue weighted by Crippen LogP contribution is -2.50. The predicted molar refractivity (Wildman–Crippen MR) is 113 cm³/mol. The van der Waals surface area contributed by atoms with Crippen LogP contribution in [0.3, 0.4) is 0 Å². The van der Waals surface area contributed by atoms with Crippen LogP contribution in [0, 0.1) is 13.8 Å². The molecule has 2 fully saturated rings. The molecule has 0 bridgehead atoms. The summed E-state index contributed by atoms with van der Waals surface area (Å²) in [7, 11) is -3.56. The molecule has 1 saturated heterocycles. The molecule has 1 aromatic heterocycles. The predicted octanol–water partition coefficient (Wildman–Crippen LogP) is 3.49. The van der Waals surface area contributed by atoms with Gasteiger partial charge in [-0.25, -0.2) is 8.42 Å². The van der Waals surface area contributed by atoms with Gasteiger partial charge < -0.3 is 9.42 Å². The van der Waals surface area contributed by atoms with E-state index in [1.807, 2.05) is 12.1 Å². The van der Waals surface area contributed by atoms with Gasteiger partial charge in [-0.2, -0.15) is 4.31 Å². The van der Waals surface area contributed by atoms with Crippen LogP contribution < -0.4 is 0 Å². The lowest BCUT2D eigenvalue weighted by molar-refractivity contribution is 0.0695. The Kier molecular flexibility index (Phi) is 5.97. The van der Waals surface area contributed by atoms with E-state index in [1.165, 1.54) is 42.0 Å². The molecule has 1 amide bonds. The summed E-state index contributed by atoms with van der Waals surface area (Å²) in [5.74, 6) is 0.889. The molecule has 1 aliphatic carbocycles. The number of amides is 1. The van der Waals surface area contributed by atoms with Crippen LogP contribution in [0.25, 0.3) is 0 Å². The Labute approximate surface area is 178 Å². The van der Waals surface area contributed by atoms with Crippen molar-refractivity contribution in [3.8, 4) is 0 Å². The number of benzene rings is 1. The number of carbonyl (C=O) groups is 1. The summed E-state index contributed by atoms with van der Waals surface area (Å²) in [5, 5.41) is 3.84. The lowest BCUT2D eigenvalue weighted by Gasteiger charge is -2.34. The SMILES string of the molecule is Cc1noc(C)c1C(=O)N1CCN(S(=O)(=O)c2ccc(C3CCCCC3)cc2)CC1. The topological polar surface area (TPSA) is 83.7 Å². The zero-order chi connectivity index (χ0) is 21.3. The van der Waals surface area contributed by atoms with Crippen molar-refractivity contribution >= 4 is 15.9 Å². The first-order valence-corrected chi connectivity index (χ1v) is 12.1. The number of sulfonamides is 1. The first kappa shape index (κ1) is 21.1. The maximum absolute atomic E-state index is 13.1. The molecule has 7 nitrogen and oxygen atoms in total. The summed E-state index contributed by atoms with van der Waals surface area (Å²) < 4.78 is 32.7. The number of rotatable bonds is 4. The normalized spacial score (nSPS) is 19.2. The van der Waals surface area contributed by atoms with Crippen molar-refractivity contribution in [2.75, 3.05) is 26.2 Å². The molecule has 0 unspecified atom stereocenters. The number of hydrogen-bond donors (Lipinski definition) is 0. The number of nitrogens with zero attached hydrogens (tertiary/aromatic N) is 3. The second-order valence-corrected chi connectivity index (χ2v) is 10.2. The smallest absolute Gasteiger partial charge is 0.259 e. The number of piperazine rings is 1. The van der Waals surface area contributed by atoms with Gasteiger partial charge in [-0.05, 0) is 50.3 Å². The molecule has 162 valence electrons. The highest BCUT2D eigenvalue weighted by molar-refractivity contribution is 7.89. The van der Waals surface area contributed by atoms with E-state index in [0.29, 0.717) is 40.9 Å². The zero-order valence-corrected chi connectivity index (χ0v) is 18.5. The molecule has 4 rings (SSSR count). The van der Waals surface area contributed by atoms with Gasteiger partial charge in [0.2, 0.25) is 10.0 Å². The van der Waals surface area contributed by atoms with Crippen molar-refractivity contribution in [3.05, 3.63) is 46.8 Å². The van der Waals surface area contributed by atoms with Gasteiger partial charge in [0.15, 0.2) is 0 Å². The van der Waals surface area contributed by atoms with Crippen LogP contribution in [-0.4, -0.2) is 54.9 Å². The molecule has 2 aromatic rings. The summed E-state index contributed by atoms with van der Waals surface area (Å²) in [4.78, 5) is 14.8. The van der Waals surface area contributed by atoms with Crippen LogP contribution >= 0.6 is 0 Å². The fourth-order valence-electron chi connectivity index (χ4n) is 4.57. The zero-order valence-electron chi connectivity index (χ0n) is 17.6. The van der Waals surface area contributed by atoms with Gasteiger partial charge in [-0.15, -0.1) is 0 Å². The first-order valence-electron chi connectivity index (χ1n) is 10.7. The number of aryl methyl sites for hydroxylation is 2. The van der Waals surface area contributed by atoms with Gasteiger partial charge in [0.1, 0.15) is 11.3 Å². The van der Waals surface area contributed by atoms with Gasteiger partial charge in [0.25, 0.3) is 5.91 Å². The van der Waals surface area contributed by atoms with Crippen molar-refractivity contribution in [2.24, 2.45) is 0 Å². The van der Waals surface area contributed by atoms with E-state index < -0.39 is 10.0 Å². The Morgan fingerprint density at radius 1 is 1.00 bits per heavy atom. The minimum Gasteiger partial charge on any atom is -0.361 e. The molecule has 1 aliphatic heterocycles. The van der Waals surface area contributed by atoms with Crippen molar-refractivity contribution < 1.29 is 17.7 Å². The van der Waals surface area contributed by atoms with E-state index >= 15 is 0 Å². The quantitative estimate of drug-likeness (QED) is 0.740. The molecule has 30 heavy (non-hydrogen) atoms. The van der Waals surface area contributed by atoms with Gasteiger partial charge in [-0.3, -0.25) is 4.79 Å². The molecule has 0 N–H and O–H groups in total. The van der Waals surface area contributed by atoms with E-state index in [2.05, 4.69) is 5.16 Å². The third-order valence-electron chi connectivity index (χ3n) is 6.37. The molecule has 2 heterocycles. The maximum Gasteiger partial charge on any atom is 0.259 e. The Morgan fingerprint density at radius 2 is 1.63 bits per heavy atom. The van der Waals surface area contributed by atoms with Gasteiger partial charge >= 0.3 is 0 Å². The largest absolute Gasteiger partial charge is 0.361 e. The monoisotopic (exact) mass is 431 g/mol. The number of aromatic nitrogens is 1. The van der Waals surface area contributed by atoms with Crippen LogP contribution in [0.15, 0.2) is 33.7 Å². The molecular weight excluding hydrogens is 402 g/mol. The summed E-state index contributed by atoms with van der Waals surface area (Å²) in [5.41, 5.74) is 2.28. The molecule has 1 aromatic carbocycles. The molecule has 8 heteroatoms. The lowest BCUT2D eigenvalue weighted by atomic mass is 9.84. The minimum absolute atomic E-state index is 0.153. The highest BCUT2D eigenvalue weighted by Gasteiger charge is 2.32. The van der Waals surface area contributed by atoms with Crippen LogP contribution in [0.4, 0.5) is 0 Å². The molecule has 0 radical (unpaired) electrons. The molecule has 0 spiro atoms. The van der Waals surface area contributed by atoms with Crippen molar-refractivity contribution in [3.63, 3.8) is 0 Å². The summed E-state index contributed by atoms with van der Waals surface area (Å²) in [6, 6.07) is 7.42. The van der Waals surface area contributed by atoms with E-state index in [9.17, 15) is 13.2 Å². The van der Waals surface area contributed by atoms with Gasteiger partial charge in [-0.1, -0.05) is 36.6 Å². The average molecular weight is 432 g/mol. The summed E-state index contributed by atoms with van der Waals surface area (Å²) >= 11 is 0. The van der Waals surface area contributed by atoms with E-state index in [1.54, 1.807) is 30.9 Å². The summed E-state index contributed by atoms with van der Waals surface area (Å²) in [6.07, 6.45) is 6.18. The van der Waals surface area contributed by atoms with Crippen molar-refractivity contribution in [2.45, 2.75) is 56.8 Å². The third-order valence-corrected chi connectivity index (χ3v) is 8.28. The van der Waals surface area contributed by atoms with Gasteiger partial charge in [0, 0.05) is 26.2 Å². The minimum atomic E-state index is -3.56. The number of carbonyl (C=O) groups excluding carboxylic acids is 1. The van der Waals surface area contributed by atoms with Crippen molar-refractivity contribution in [1.29, 1.82) is 0 Å². The maximum atomic E-state index is 13.1.